The van der Waals surface area contributed by atoms with Crippen LogP contribution in [0.5, 0.6) is 5.75 Å². The number of esters is 1. The van der Waals surface area contributed by atoms with Gasteiger partial charge in [-0.3, -0.25) is 4.98 Å². The highest BCUT2D eigenvalue weighted by Crippen LogP contribution is 2.47. The van der Waals surface area contributed by atoms with Crippen LogP contribution in [0.4, 0.5) is 0 Å². The van der Waals surface area contributed by atoms with Crippen LogP contribution >= 0.6 is 0 Å². The van der Waals surface area contributed by atoms with E-state index in [4.69, 9.17) is 9.47 Å². The molecule has 4 nitrogen and oxygen atoms in total. The standard InChI is InChI=1S/C18H19NO3/c1-3-22-18(20)15-11-19-10-9-14(15)17-13(12-7-8-12)5-4-6-16(17)21-2/h4-6,9-12H,3,7-8H2,1-2H3. The molecule has 0 radical (unpaired) electrons. The fourth-order valence-corrected chi connectivity index (χ4v) is 2.72. The van der Waals surface area contributed by atoms with E-state index in [1.807, 2.05) is 18.2 Å². The molecule has 0 N–H and O–H groups in total. The van der Waals surface area contributed by atoms with Gasteiger partial charge in [0.1, 0.15) is 5.75 Å². The van der Waals surface area contributed by atoms with E-state index in [1.54, 1.807) is 26.4 Å². The molecular formula is C18H19NO3. The molecule has 0 unspecified atom stereocenters. The molecule has 0 amide bonds. The van der Waals surface area contributed by atoms with Crippen molar-refractivity contribution < 1.29 is 14.3 Å². The minimum Gasteiger partial charge on any atom is -0.496 e. The van der Waals surface area contributed by atoms with Crippen LogP contribution in [-0.4, -0.2) is 24.7 Å². The van der Waals surface area contributed by atoms with Gasteiger partial charge in [-0.2, -0.15) is 0 Å². The molecule has 114 valence electrons. The van der Waals surface area contributed by atoms with Crippen molar-refractivity contribution in [3.05, 3.63) is 47.8 Å². The number of methoxy groups -OCH3 is 1. The SMILES string of the molecule is CCOC(=O)c1cnccc1-c1c(OC)cccc1C1CC1. The lowest BCUT2D eigenvalue weighted by atomic mass is 9.93. The molecule has 1 aromatic heterocycles. The number of carbonyl (C=O) groups is 1. The number of carbonyl (C=O) groups excluding carboxylic acids is 1. The second-order valence-corrected chi connectivity index (χ2v) is 5.34. The molecule has 3 rings (SSSR count). The molecule has 0 saturated heterocycles. The summed E-state index contributed by atoms with van der Waals surface area (Å²) in [6, 6.07) is 7.90. The molecule has 0 aliphatic heterocycles. The highest BCUT2D eigenvalue weighted by atomic mass is 16.5. The summed E-state index contributed by atoms with van der Waals surface area (Å²) in [6.07, 6.45) is 5.62. The highest BCUT2D eigenvalue weighted by molar-refractivity contribution is 5.98. The Kier molecular flexibility index (Phi) is 4.09. The van der Waals surface area contributed by atoms with Gasteiger partial charge in [0.25, 0.3) is 0 Å². The Hall–Kier alpha value is -2.36. The molecule has 1 aliphatic rings. The summed E-state index contributed by atoms with van der Waals surface area (Å²) in [5, 5.41) is 0. The summed E-state index contributed by atoms with van der Waals surface area (Å²) in [5.74, 6) is 0.979. The maximum absolute atomic E-state index is 12.2. The quantitative estimate of drug-likeness (QED) is 0.787. The summed E-state index contributed by atoms with van der Waals surface area (Å²) >= 11 is 0. The van der Waals surface area contributed by atoms with Gasteiger partial charge >= 0.3 is 5.97 Å². The van der Waals surface area contributed by atoms with E-state index in [0.717, 1.165) is 16.9 Å². The van der Waals surface area contributed by atoms with Crippen LogP contribution in [0.1, 0.15) is 41.6 Å². The van der Waals surface area contributed by atoms with Gasteiger partial charge in [0.05, 0.1) is 19.3 Å². The second kappa shape index (κ2) is 6.18. The summed E-state index contributed by atoms with van der Waals surface area (Å²) in [5.41, 5.74) is 3.53. The van der Waals surface area contributed by atoms with Crippen LogP contribution in [0.3, 0.4) is 0 Å². The largest absolute Gasteiger partial charge is 0.496 e. The van der Waals surface area contributed by atoms with E-state index in [1.165, 1.54) is 18.4 Å². The first-order chi connectivity index (χ1) is 10.8. The van der Waals surface area contributed by atoms with Crippen LogP contribution in [0.15, 0.2) is 36.7 Å². The Bertz CT molecular complexity index is 692. The van der Waals surface area contributed by atoms with E-state index >= 15 is 0 Å². The minimum absolute atomic E-state index is 0.342. The number of hydrogen-bond donors (Lipinski definition) is 0. The summed E-state index contributed by atoms with van der Waals surface area (Å²) in [4.78, 5) is 16.3. The Balaban J connectivity index is 2.17. The number of pyridine rings is 1. The van der Waals surface area contributed by atoms with Gasteiger partial charge in [-0.25, -0.2) is 4.79 Å². The van der Waals surface area contributed by atoms with Crippen molar-refractivity contribution in [3.63, 3.8) is 0 Å². The van der Waals surface area contributed by atoms with E-state index in [0.29, 0.717) is 18.1 Å². The van der Waals surface area contributed by atoms with E-state index in [9.17, 15) is 4.79 Å². The van der Waals surface area contributed by atoms with Gasteiger partial charge in [0, 0.05) is 23.5 Å². The summed E-state index contributed by atoms with van der Waals surface area (Å²) < 4.78 is 10.7. The van der Waals surface area contributed by atoms with Crippen LogP contribution in [-0.2, 0) is 4.74 Å². The molecule has 1 fully saturated rings. The zero-order valence-corrected chi connectivity index (χ0v) is 12.8. The first kappa shape index (κ1) is 14.6. The van der Waals surface area contributed by atoms with Crippen molar-refractivity contribution in [1.82, 2.24) is 4.98 Å². The number of nitrogens with zero attached hydrogens (tertiary/aromatic N) is 1. The molecule has 1 saturated carbocycles. The fourth-order valence-electron chi connectivity index (χ4n) is 2.72. The van der Waals surface area contributed by atoms with Gasteiger partial charge in [-0.15, -0.1) is 0 Å². The molecule has 2 aromatic rings. The predicted molar refractivity (Wildman–Crippen MR) is 84.2 cm³/mol. The summed E-state index contributed by atoms with van der Waals surface area (Å²) in [7, 11) is 1.65. The average Bonchev–Trinajstić information content (AvgIpc) is 3.39. The average molecular weight is 297 g/mol. The van der Waals surface area contributed by atoms with Gasteiger partial charge in [-0.1, -0.05) is 12.1 Å². The lowest BCUT2D eigenvalue weighted by Gasteiger charge is -2.16. The maximum Gasteiger partial charge on any atom is 0.340 e. The summed E-state index contributed by atoms with van der Waals surface area (Å²) in [6.45, 7) is 2.14. The van der Waals surface area contributed by atoms with Gasteiger partial charge in [-0.05, 0) is 43.4 Å². The fraction of sp³-hybridized carbons (Fsp3) is 0.333. The van der Waals surface area contributed by atoms with Crippen molar-refractivity contribution in [2.24, 2.45) is 0 Å². The first-order valence-electron chi connectivity index (χ1n) is 7.54. The zero-order valence-electron chi connectivity index (χ0n) is 12.8. The third-order valence-electron chi connectivity index (χ3n) is 3.88. The number of rotatable bonds is 5. The molecule has 0 bridgehead atoms. The number of hydrogen-bond acceptors (Lipinski definition) is 4. The molecule has 22 heavy (non-hydrogen) atoms. The molecule has 0 atom stereocenters. The normalized spacial score (nSPS) is 13.7. The second-order valence-electron chi connectivity index (χ2n) is 5.34. The lowest BCUT2D eigenvalue weighted by molar-refractivity contribution is 0.0527. The predicted octanol–water partition coefficient (Wildman–Crippen LogP) is 3.81. The molecule has 1 aromatic carbocycles. The topological polar surface area (TPSA) is 48.4 Å². The van der Waals surface area contributed by atoms with Crippen molar-refractivity contribution >= 4 is 5.97 Å². The minimum atomic E-state index is -0.349. The van der Waals surface area contributed by atoms with Gasteiger partial charge in [0.15, 0.2) is 0 Å². The van der Waals surface area contributed by atoms with Crippen LogP contribution in [0.2, 0.25) is 0 Å². The van der Waals surface area contributed by atoms with E-state index in [2.05, 4.69) is 11.1 Å². The molecular weight excluding hydrogens is 278 g/mol. The Morgan fingerprint density at radius 3 is 2.82 bits per heavy atom. The Morgan fingerprint density at radius 2 is 2.14 bits per heavy atom. The molecule has 1 aliphatic carbocycles. The first-order valence-corrected chi connectivity index (χ1v) is 7.54. The van der Waals surface area contributed by atoms with E-state index in [-0.39, 0.29) is 5.97 Å². The van der Waals surface area contributed by atoms with Crippen molar-refractivity contribution in [3.8, 4) is 16.9 Å². The number of aromatic nitrogens is 1. The van der Waals surface area contributed by atoms with Gasteiger partial charge < -0.3 is 9.47 Å². The third-order valence-corrected chi connectivity index (χ3v) is 3.88. The number of benzene rings is 1. The molecule has 0 spiro atoms. The van der Waals surface area contributed by atoms with Crippen molar-refractivity contribution in [1.29, 1.82) is 0 Å². The molecule has 1 heterocycles. The van der Waals surface area contributed by atoms with Gasteiger partial charge in [0.2, 0.25) is 0 Å². The monoisotopic (exact) mass is 297 g/mol. The molecule has 4 heteroatoms. The Morgan fingerprint density at radius 1 is 1.32 bits per heavy atom. The van der Waals surface area contributed by atoms with Crippen LogP contribution < -0.4 is 4.74 Å². The van der Waals surface area contributed by atoms with Crippen LogP contribution in [0, 0.1) is 0 Å². The third kappa shape index (κ3) is 2.69. The van der Waals surface area contributed by atoms with E-state index < -0.39 is 0 Å². The highest BCUT2D eigenvalue weighted by Gasteiger charge is 2.29. The zero-order chi connectivity index (χ0) is 15.5. The smallest absolute Gasteiger partial charge is 0.340 e. The maximum atomic E-state index is 12.2. The van der Waals surface area contributed by atoms with Crippen molar-refractivity contribution in [2.75, 3.05) is 13.7 Å². The van der Waals surface area contributed by atoms with Crippen molar-refractivity contribution in [2.45, 2.75) is 25.7 Å². The Labute approximate surface area is 130 Å². The number of ether oxygens (including phenoxy) is 2. The van der Waals surface area contributed by atoms with Crippen LogP contribution in [0.25, 0.3) is 11.1 Å². The lowest BCUT2D eigenvalue weighted by Crippen LogP contribution is -2.08.